The molecule has 0 saturated carbocycles. The van der Waals surface area contributed by atoms with Crippen LogP contribution in [0.4, 0.5) is 11.4 Å². The second kappa shape index (κ2) is 32.0. The number of allylic oxidation sites excluding steroid dienone is 8. The Hall–Kier alpha value is -10.9. The fourth-order valence-corrected chi connectivity index (χ4v) is 11.2. The third-order valence-electron chi connectivity index (χ3n) is 15.4. The summed E-state index contributed by atoms with van der Waals surface area (Å²) in [5, 5.41) is 46.8. The molecule has 4 aromatic carbocycles. The number of carbonyl (C=O) groups is 10. The van der Waals surface area contributed by atoms with Crippen molar-refractivity contribution in [3.05, 3.63) is 132 Å². The van der Waals surface area contributed by atoms with E-state index in [4.69, 9.17) is 33.8 Å². The first-order valence-electron chi connectivity index (χ1n) is 29.6. The average molecular weight is 1270 g/mol. The van der Waals surface area contributed by atoms with E-state index in [0.29, 0.717) is 0 Å². The van der Waals surface area contributed by atoms with Crippen molar-refractivity contribution >= 4 is 110 Å². The molecule has 4 unspecified atom stereocenters. The summed E-state index contributed by atoms with van der Waals surface area (Å²) in [7, 11) is 0. The van der Waals surface area contributed by atoms with E-state index in [9.17, 15) is 58.2 Å². The molecular formula is C64H80N15O13+. The van der Waals surface area contributed by atoms with Gasteiger partial charge in [0.2, 0.25) is 47.7 Å². The summed E-state index contributed by atoms with van der Waals surface area (Å²) in [6, 6.07) is 17.8. The summed E-state index contributed by atoms with van der Waals surface area (Å²) >= 11 is 0. The highest BCUT2D eigenvalue weighted by Crippen LogP contribution is 2.51. The molecule has 0 aliphatic carbocycles. The monoisotopic (exact) mass is 1270 g/mol. The van der Waals surface area contributed by atoms with Crippen LogP contribution in [-0.2, 0) is 58.8 Å². The van der Waals surface area contributed by atoms with Crippen molar-refractivity contribution in [2.24, 2.45) is 38.7 Å². The van der Waals surface area contributed by atoms with Gasteiger partial charge in [-0.3, -0.25) is 57.9 Å². The first kappa shape index (κ1) is 70.2. The number of rotatable bonds is 33. The number of aliphatic imine (C=N–C) groups is 2. The van der Waals surface area contributed by atoms with Crippen LogP contribution >= 0.6 is 0 Å². The zero-order chi connectivity index (χ0) is 67.5. The minimum Gasteiger partial charge on any atom is -0.481 e. The molecule has 0 fully saturated rings. The molecule has 19 N–H and O–H groups in total. The van der Waals surface area contributed by atoms with Crippen LogP contribution in [0.5, 0.6) is 0 Å². The molecule has 92 heavy (non-hydrogen) atoms. The van der Waals surface area contributed by atoms with Crippen LogP contribution in [0.3, 0.4) is 0 Å². The standard InChI is InChI=1S/C64H79N15O13/c1-63(2)47(78(31-28-52(83)84)45-26-24-37-16-10-12-18-39(37)55(45)63)22-8-6-5-7-9-23-48-64(3,4)56-40-19-13-11-17-38(40)25-27-46(56)79(48)36-51(82)74-41(20-14-29-70-61(66)67)58(90)72-35-50(81)76-44(33-54(87)88)60(92)77-42(21-15-30-71-62(68)69)59(91)73-34-49(80)75-43(57(65)89)32-53(85)86/h5-13,16-19,22-27,41-44H,14-15,20-21,28-36H2,1-4H3,(H18-,65,66,67,68,69,70,71,72,73,74,75,76,77,80,81,82,83,84,85,86,87,88,89,90,91,92)/p+1. The van der Waals surface area contributed by atoms with Gasteiger partial charge in [-0.25, -0.2) is 0 Å². The van der Waals surface area contributed by atoms with Crippen LogP contribution in [-0.4, -0.2) is 160 Å². The minimum atomic E-state index is -1.84. The van der Waals surface area contributed by atoms with Gasteiger partial charge in [-0.1, -0.05) is 98.8 Å². The zero-order valence-corrected chi connectivity index (χ0v) is 51.6. The summed E-state index contributed by atoms with van der Waals surface area (Å²) in [5.41, 5.74) is 31.5. The van der Waals surface area contributed by atoms with E-state index in [1.165, 1.54) is 0 Å². The molecule has 0 aromatic heterocycles. The molecule has 28 heteroatoms. The van der Waals surface area contributed by atoms with Crippen LogP contribution in [0, 0.1) is 0 Å². The van der Waals surface area contributed by atoms with Crippen molar-refractivity contribution in [1.29, 1.82) is 0 Å². The Bertz CT molecular complexity index is 3730. The number of guanidine groups is 2. The Morgan fingerprint density at radius 1 is 0.554 bits per heavy atom. The molecule has 6 rings (SSSR count). The number of aliphatic carboxylic acids is 3. The van der Waals surface area contributed by atoms with Crippen molar-refractivity contribution < 1.29 is 67.8 Å². The lowest BCUT2D eigenvalue weighted by Gasteiger charge is -2.26. The number of carbonyl (C=O) groups excluding carboxylic acids is 7. The number of hydrogen-bond donors (Lipinski definition) is 14. The average Bonchev–Trinajstić information content (AvgIpc) is 1.58. The molecule has 0 radical (unpaired) electrons. The summed E-state index contributed by atoms with van der Waals surface area (Å²) in [4.78, 5) is 138. The molecule has 4 atom stereocenters. The van der Waals surface area contributed by atoms with Gasteiger partial charge >= 0.3 is 17.9 Å². The Morgan fingerprint density at radius 2 is 1.05 bits per heavy atom. The number of anilines is 1. The first-order chi connectivity index (χ1) is 43.6. The van der Waals surface area contributed by atoms with Crippen molar-refractivity contribution in [2.75, 3.05) is 44.2 Å². The van der Waals surface area contributed by atoms with E-state index >= 15 is 0 Å². The van der Waals surface area contributed by atoms with Gasteiger partial charge in [-0.15, -0.1) is 0 Å². The van der Waals surface area contributed by atoms with Crippen molar-refractivity contribution in [3.63, 3.8) is 0 Å². The number of nitrogens with one attached hydrogen (secondary N) is 6. The Morgan fingerprint density at radius 3 is 1.61 bits per heavy atom. The molecular weight excluding hydrogens is 1190 g/mol. The van der Waals surface area contributed by atoms with E-state index in [1.54, 1.807) is 0 Å². The largest absolute Gasteiger partial charge is 0.481 e. The van der Waals surface area contributed by atoms with E-state index in [2.05, 4.69) is 92.7 Å². The van der Waals surface area contributed by atoms with Gasteiger partial charge < -0.3 is 80.8 Å². The molecule has 488 valence electrons. The van der Waals surface area contributed by atoms with Gasteiger partial charge in [0.15, 0.2) is 17.6 Å². The quantitative estimate of drug-likeness (QED) is 0.0104. The van der Waals surface area contributed by atoms with Crippen LogP contribution in [0.1, 0.15) is 83.8 Å². The van der Waals surface area contributed by atoms with E-state index in [0.717, 1.165) is 55.5 Å². The fraction of sp³-hybridized carbons (Fsp3) is 0.359. The lowest BCUT2D eigenvalue weighted by molar-refractivity contribution is -0.425. The van der Waals surface area contributed by atoms with Gasteiger partial charge in [0.1, 0.15) is 24.2 Å². The van der Waals surface area contributed by atoms with Crippen LogP contribution in [0.25, 0.3) is 21.5 Å². The number of primary amides is 1. The molecule has 0 bridgehead atoms. The molecule has 4 aromatic rings. The normalized spacial score (nSPS) is 15.5. The number of nitrogens with zero attached hydrogens (tertiary/aromatic N) is 4. The maximum absolute atomic E-state index is 14.4. The lowest BCUT2D eigenvalue weighted by atomic mass is 9.79. The van der Waals surface area contributed by atoms with Gasteiger partial charge in [-0.05, 0) is 84.8 Å². The first-order valence-corrected chi connectivity index (χ1v) is 29.6. The topological polar surface area (TPSA) is 465 Å². The van der Waals surface area contributed by atoms with E-state index in [-0.39, 0.29) is 70.2 Å². The highest BCUT2D eigenvalue weighted by molar-refractivity contribution is 6.08. The number of benzene rings is 4. The summed E-state index contributed by atoms with van der Waals surface area (Å²) in [6.45, 7) is 6.78. The molecule has 7 amide bonds. The Kier molecular flexibility index (Phi) is 24.4. The summed E-state index contributed by atoms with van der Waals surface area (Å²) in [6.07, 6.45) is 11.4. The molecule has 0 spiro atoms. The number of amides is 7. The lowest BCUT2D eigenvalue weighted by Crippen LogP contribution is -2.56. The summed E-state index contributed by atoms with van der Waals surface area (Å²) < 4.78 is 1.87. The molecule has 2 heterocycles. The van der Waals surface area contributed by atoms with Gasteiger partial charge in [-0.2, -0.15) is 4.58 Å². The van der Waals surface area contributed by atoms with Gasteiger partial charge in [0.05, 0.1) is 37.8 Å². The predicted molar refractivity (Wildman–Crippen MR) is 346 cm³/mol. The van der Waals surface area contributed by atoms with Crippen molar-refractivity contribution in [2.45, 2.75) is 108 Å². The van der Waals surface area contributed by atoms with Crippen molar-refractivity contribution in [3.8, 4) is 0 Å². The zero-order valence-electron chi connectivity index (χ0n) is 51.6. The van der Waals surface area contributed by atoms with Gasteiger partial charge in [0.25, 0.3) is 5.91 Å². The van der Waals surface area contributed by atoms with Crippen molar-refractivity contribution in [1.82, 2.24) is 31.9 Å². The number of nitrogens with two attached hydrogens (primary N) is 5. The summed E-state index contributed by atoms with van der Waals surface area (Å²) in [5.74, 6) is -11.2. The molecule has 2 aliphatic heterocycles. The predicted octanol–water partition coefficient (Wildman–Crippen LogP) is 0.908. The smallest absolute Gasteiger partial charge is 0.305 e. The third-order valence-corrected chi connectivity index (χ3v) is 15.4. The number of fused-ring (bicyclic) bond motifs is 6. The highest BCUT2D eigenvalue weighted by atomic mass is 16.4. The van der Waals surface area contributed by atoms with E-state index < -0.39 is 120 Å². The minimum absolute atomic E-state index is 0.0255. The highest BCUT2D eigenvalue weighted by Gasteiger charge is 2.47. The Balaban J connectivity index is 1.19. The molecule has 2 aliphatic rings. The second-order valence-corrected chi connectivity index (χ2v) is 22.9. The van der Waals surface area contributed by atoms with Crippen LogP contribution in [0.2, 0.25) is 0 Å². The molecule has 0 saturated heterocycles. The second-order valence-electron chi connectivity index (χ2n) is 22.9. The van der Waals surface area contributed by atoms with Crippen LogP contribution < -0.4 is 65.5 Å². The van der Waals surface area contributed by atoms with E-state index in [1.807, 2.05) is 102 Å². The SMILES string of the molecule is CC1(C)C(=CC=CC=CC=CC2=[N+](CC(=O)NC(CCCN=C(N)N)C(=O)NCC(=O)NC(CC(=O)O)C(=O)NC(CCCN=C(N)N)C(=O)NCC(=O)NC(CC(=O)O)C(N)=O)c3ccc4ccccc4c3C2(C)C)N(CCC(=O)O)c2ccc3ccccc3c21. The van der Waals surface area contributed by atoms with Gasteiger partial charge in [0, 0.05) is 54.1 Å². The number of hydrogen-bond acceptors (Lipinski definition) is 13. The maximum atomic E-state index is 14.4. The van der Waals surface area contributed by atoms with Crippen LogP contribution in [0.15, 0.2) is 131 Å². The third kappa shape index (κ3) is 18.8. The number of carboxylic acid groups (broad SMARTS) is 3. The number of carboxylic acids is 3. The fourth-order valence-electron chi connectivity index (χ4n) is 11.2. The maximum Gasteiger partial charge on any atom is 0.305 e. The Labute approximate surface area is 530 Å². The molecule has 28 nitrogen and oxygen atoms in total.